The summed E-state index contributed by atoms with van der Waals surface area (Å²) in [6.07, 6.45) is -4.13. The molecule has 2 aromatic rings. The Morgan fingerprint density at radius 1 is 1.20 bits per heavy atom. The van der Waals surface area contributed by atoms with Crippen molar-refractivity contribution < 1.29 is 18.3 Å². The first kappa shape index (κ1) is 19.6. The summed E-state index contributed by atoms with van der Waals surface area (Å²) < 4.78 is 38.6. The molecule has 1 heterocycles. The average Bonchev–Trinajstić information content (AvgIpc) is 2.44. The zero-order valence-corrected chi connectivity index (χ0v) is 15.4. The molecule has 0 amide bonds. The highest BCUT2D eigenvalue weighted by Crippen LogP contribution is 2.35. The van der Waals surface area contributed by atoms with Gasteiger partial charge in [-0.05, 0) is 41.7 Å². The molecular formula is C18H20F3N2OS-. The quantitative estimate of drug-likeness (QED) is 0.423. The molecule has 0 spiro atoms. The molecule has 1 aromatic heterocycles. The van der Waals surface area contributed by atoms with Crippen LogP contribution in [0.2, 0.25) is 0 Å². The van der Waals surface area contributed by atoms with Crippen molar-refractivity contribution in [3.05, 3.63) is 29.8 Å². The molecule has 3 nitrogen and oxygen atoms in total. The highest BCUT2D eigenvalue weighted by atomic mass is 32.2. The maximum absolute atomic E-state index is 12.9. The van der Waals surface area contributed by atoms with E-state index < -0.39 is 11.7 Å². The molecule has 136 valence electrons. The lowest BCUT2D eigenvalue weighted by molar-refractivity contribution is -0.220. The number of aromatic nitrogens is 1. The van der Waals surface area contributed by atoms with Crippen LogP contribution in [0.1, 0.15) is 39.7 Å². The van der Waals surface area contributed by atoms with Crippen LogP contribution in [-0.2, 0) is 6.18 Å². The van der Waals surface area contributed by atoms with E-state index in [1.807, 2.05) is 27.7 Å². The fourth-order valence-electron chi connectivity index (χ4n) is 2.27. The van der Waals surface area contributed by atoms with Gasteiger partial charge in [0.05, 0.1) is 16.8 Å². The number of alkyl halides is 3. The van der Waals surface area contributed by atoms with Gasteiger partial charge in [0.2, 0.25) is 0 Å². The first-order valence-corrected chi connectivity index (χ1v) is 8.87. The van der Waals surface area contributed by atoms with Gasteiger partial charge in [-0.1, -0.05) is 33.8 Å². The fraction of sp³-hybridized carbons (Fsp3) is 0.444. The van der Waals surface area contributed by atoms with Gasteiger partial charge in [-0.15, -0.1) is 11.8 Å². The molecule has 0 fully saturated rings. The summed E-state index contributed by atoms with van der Waals surface area (Å²) in [7, 11) is 0. The van der Waals surface area contributed by atoms with Crippen molar-refractivity contribution in [2.24, 2.45) is 10.4 Å². The Hall–Kier alpha value is -1.76. The second-order valence-electron chi connectivity index (χ2n) is 6.89. The molecule has 25 heavy (non-hydrogen) atoms. The lowest BCUT2D eigenvalue weighted by atomic mass is 9.92. The monoisotopic (exact) mass is 369 g/mol. The Bertz CT molecular complexity index is 795. The van der Waals surface area contributed by atoms with E-state index in [0.29, 0.717) is 21.9 Å². The Morgan fingerprint density at radius 3 is 2.44 bits per heavy atom. The van der Waals surface area contributed by atoms with Crippen molar-refractivity contribution in [2.45, 2.75) is 45.3 Å². The van der Waals surface area contributed by atoms with Crippen LogP contribution in [0.25, 0.3) is 10.9 Å². The van der Waals surface area contributed by atoms with E-state index in [2.05, 4.69) is 9.98 Å². The van der Waals surface area contributed by atoms with Crippen molar-refractivity contribution in [3.8, 4) is 0 Å². The van der Waals surface area contributed by atoms with Gasteiger partial charge >= 0.3 is 6.18 Å². The number of halogens is 3. The summed E-state index contributed by atoms with van der Waals surface area (Å²) in [5, 5.41) is 13.1. The Morgan fingerprint density at radius 2 is 1.88 bits per heavy atom. The van der Waals surface area contributed by atoms with Gasteiger partial charge in [0, 0.05) is 5.39 Å². The second kappa shape index (κ2) is 7.23. The highest BCUT2D eigenvalue weighted by Gasteiger charge is 2.30. The van der Waals surface area contributed by atoms with E-state index in [1.165, 1.54) is 17.8 Å². The number of benzene rings is 1. The predicted octanol–water partition coefficient (Wildman–Crippen LogP) is 5.19. The van der Waals surface area contributed by atoms with Gasteiger partial charge in [0.1, 0.15) is 5.03 Å². The first-order valence-electron chi connectivity index (χ1n) is 7.89. The van der Waals surface area contributed by atoms with Crippen molar-refractivity contribution in [1.82, 2.24) is 4.98 Å². The molecule has 0 unspecified atom stereocenters. The lowest BCUT2D eigenvalue weighted by Gasteiger charge is -2.22. The van der Waals surface area contributed by atoms with E-state index in [0.717, 1.165) is 12.1 Å². The fourth-order valence-corrected chi connectivity index (χ4v) is 2.95. The SMILES string of the molecule is CCSc1nc2cc(C(F)(F)F)ccc2cc1N=C([O-])CC(C)(C)C. The Kier molecular flexibility index (Phi) is 5.66. The summed E-state index contributed by atoms with van der Waals surface area (Å²) >= 11 is 1.35. The van der Waals surface area contributed by atoms with Crippen LogP contribution in [-0.4, -0.2) is 16.6 Å². The second-order valence-corrected chi connectivity index (χ2v) is 8.15. The summed E-state index contributed by atoms with van der Waals surface area (Å²) in [5.41, 5.74) is -0.278. The third-order valence-corrected chi connectivity index (χ3v) is 4.16. The zero-order valence-electron chi connectivity index (χ0n) is 14.6. The van der Waals surface area contributed by atoms with Gasteiger partial charge in [-0.3, -0.25) is 4.99 Å². The molecule has 0 atom stereocenters. The minimum absolute atomic E-state index is 0.190. The number of hydrogen-bond donors (Lipinski definition) is 0. The van der Waals surface area contributed by atoms with Crippen LogP contribution >= 0.6 is 11.8 Å². The van der Waals surface area contributed by atoms with Crippen LogP contribution in [0.5, 0.6) is 0 Å². The lowest BCUT2D eigenvalue weighted by Crippen LogP contribution is -2.23. The van der Waals surface area contributed by atoms with Crippen molar-refractivity contribution in [1.29, 1.82) is 0 Å². The summed E-state index contributed by atoms with van der Waals surface area (Å²) in [6.45, 7) is 7.74. The average molecular weight is 369 g/mol. The van der Waals surface area contributed by atoms with E-state index in [-0.39, 0.29) is 23.3 Å². The highest BCUT2D eigenvalue weighted by molar-refractivity contribution is 7.99. The van der Waals surface area contributed by atoms with E-state index in [1.54, 1.807) is 6.07 Å². The van der Waals surface area contributed by atoms with E-state index in [4.69, 9.17) is 0 Å². The van der Waals surface area contributed by atoms with Gasteiger partial charge in [0.15, 0.2) is 0 Å². The maximum Gasteiger partial charge on any atom is 0.416 e. The third-order valence-electron chi connectivity index (χ3n) is 3.30. The largest absolute Gasteiger partial charge is 0.862 e. The van der Waals surface area contributed by atoms with Crippen LogP contribution in [0, 0.1) is 5.41 Å². The normalized spacial score (nSPS) is 13.5. The van der Waals surface area contributed by atoms with Gasteiger partial charge < -0.3 is 5.11 Å². The van der Waals surface area contributed by atoms with Crippen LogP contribution < -0.4 is 5.11 Å². The molecule has 0 saturated heterocycles. The number of hydrogen-bond acceptors (Lipinski definition) is 4. The van der Waals surface area contributed by atoms with Crippen molar-refractivity contribution >= 4 is 34.2 Å². The molecule has 0 aliphatic heterocycles. The van der Waals surface area contributed by atoms with E-state index in [9.17, 15) is 18.3 Å². The number of aliphatic imine (C=N–C) groups is 1. The van der Waals surface area contributed by atoms with Gasteiger partial charge in [-0.25, -0.2) is 4.98 Å². The number of fused-ring (bicyclic) bond motifs is 1. The first-order chi connectivity index (χ1) is 11.5. The van der Waals surface area contributed by atoms with Crippen LogP contribution in [0.4, 0.5) is 18.9 Å². The minimum Gasteiger partial charge on any atom is -0.862 e. The molecule has 2 rings (SSSR count). The summed E-state index contributed by atoms with van der Waals surface area (Å²) in [5.74, 6) is 0.409. The molecule has 0 saturated carbocycles. The molecule has 0 N–H and O–H groups in total. The standard InChI is InChI=1S/C18H21F3N2OS/c1-5-25-16-14(22-15(24)10-17(2,3)4)8-11-6-7-12(18(19,20)21)9-13(11)23-16/h6-9H,5,10H2,1-4H3,(H,22,24)/p-1. The van der Waals surface area contributed by atoms with Crippen molar-refractivity contribution in [2.75, 3.05) is 5.75 Å². The maximum atomic E-state index is 12.9. The molecule has 7 heteroatoms. The molecule has 1 aromatic carbocycles. The smallest absolute Gasteiger partial charge is 0.416 e. The zero-order chi connectivity index (χ0) is 18.8. The third kappa shape index (κ3) is 5.36. The summed E-state index contributed by atoms with van der Waals surface area (Å²) in [4.78, 5) is 8.45. The molecule has 0 aliphatic rings. The van der Waals surface area contributed by atoms with E-state index >= 15 is 0 Å². The van der Waals surface area contributed by atoms with Gasteiger partial charge in [0.25, 0.3) is 0 Å². The summed E-state index contributed by atoms with van der Waals surface area (Å²) in [6, 6.07) is 5.02. The number of rotatable bonds is 4. The molecule has 0 radical (unpaired) electrons. The van der Waals surface area contributed by atoms with Crippen LogP contribution in [0.3, 0.4) is 0 Å². The number of thioether (sulfide) groups is 1. The predicted molar refractivity (Wildman–Crippen MR) is 94.3 cm³/mol. The number of pyridine rings is 1. The van der Waals surface area contributed by atoms with Crippen molar-refractivity contribution in [3.63, 3.8) is 0 Å². The molecule has 0 bridgehead atoms. The minimum atomic E-state index is -4.42. The number of nitrogens with zero attached hydrogens (tertiary/aromatic N) is 2. The van der Waals surface area contributed by atoms with Crippen LogP contribution in [0.15, 0.2) is 34.3 Å². The Balaban J connectivity index is 2.53. The Labute approximate surface area is 149 Å². The van der Waals surface area contributed by atoms with Gasteiger partial charge in [-0.2, -0.15) is 13.2 Å². The topological polar surface area (TPSA) is 48.3 Å². The molecule has 0 aliphatic carbocycles. The molecular weight excluding hydrogens is 349 g/mol.